The Bertz CT molecular complexity index is 1380. The number of hydrogen-bond acceptors (Lipinski definition) is 6. The lowest BCUT2D eigenvalue weighted by Crippen LogP contribution is -2.67. The highest BCUT2D eigenvalue weighted by Gasteiger charge is 2.70. The number of amides is 1. The molecule has 4 aromatic rings. The number of benzene rings is 2. The van der Waals surface area contributed by atoms with Gasteiger partial charge < -0.3 is 4.74 Å². The van der Waals surface area contributed by atoms with Gasteiger partial charge >= 0.3 is 0 Å². The van der Waals surface area contributed by atoms with Crippen LogP contribution in [0.1, 0.15) is 40.2 Å². The molecule has 3 aliphatic carbocycles. The van der Waals surface area contributed by atoms with Gasteiger partial charge in [0, 0.05) is 34.0 Å². The van der Waals surface area contributed by atoms with Crippen molar-refractivity contribution in [1.82, 2.24) is 15.2 Å². The zero-order valence-electron chi connectivity index (χ0n) is 18.4. The van der Waals surface area contributed by atoms with Gasteiger partial charge in [0.2, 0.25) is 5.13 Å². The molecule has 3 fully saturated rings. The van der Waals surface area contributed by atoms with Crippen LogP contribution >= 0.6 is 22.9 Å². The fourth-order valence-corrected chi connectivity index (χ4v) is 6.50. The lowest BCUT2D eigenvalue weighted by Gasteiger charge is -2.70. The number of para-hydroxylation sites is 1. The predicted octanol–water partition coefficient (Wildman–Crippen LogP) is 5.89. The van der Waals surface area contributed by atoms with E-state index < -0.39 is 0 Å². The molecule has 170 valence electrons. The largest absolute Gasteiger partial charge is 0.496 e. The topological polar surface area (TPSA) is 77.0 Å². The molecule has 0 saturated heterocycles. The molecule has 2 aromatic carbocycles. The van der Waals surface area contributed by atoms with Crippen LogP contribution in [0.2, 0.25) is 5.02 Å². The zero-order valence-corrected chi connectivity index (χ0v) is 20.0. The van der Waals surface area contributed by atoms with E-state index >= 15 is 0 Å². The molecule has 7 rings (SSSR count). The Balaban J connectivity index is 1.19. The van der Waals surface area contributed by atoms with Gasteiger partial charge in [-0.25, -0.2) is 0 Å². The summed E-state index contributed by atoms with van der Waals surface area (Å²) in [6, 6.07) is 17.5. The Morgan fingerprint density at radius 1 is 1.00 bits per heavy atom. The summed E-state index contributed by atoms with van der Waals surface area (Å²) in [4.78, 5) is 17.4. The van der Waals surface area contributed by atoms with Crippen molar-refractivity contribution >= 4 is 34.0 Å². The van der Waals surface area contributed by atoms with E-state index in [4.69, 9.17) is 16.3 Å². The molecule has 1 amide bonds. The van der Waals surface area contributed by atoms with Crippen LogP contribution in [-0.4, -0.2) is 28.2 Å². The van der Waals surface area contributed by atoms with Crippen molar-refractivity contribution in [3.63, 3.8) is 0 Å². The minimum Gasteiger partial charge on any atom is -0.496 e. The van der Waals surface area contributed by atoms with E-state index in [2.05, 4.69) is 32.6 Å². The number of nitrogens with one attached hydrogen (secondary N) is 1. The Kier molecular flexibility index (Phi) is 4.93. The quantitative estimate of drug-likeness (QED) is 0.366. The molecule has 0 aliphatic heterocycles. The second-order valence-electron chi connectivity index (χ2n) is 9.09. The fourth-order valence-electron chi connectivity index (χ4n) is 5.45. The van der Waals surface area contributed by atoms with Crippen LogP contribution in [0.4, 0.5) is 5.13 Å². The number of anilines is 1. The number of methoxy groups -OCH3 is 1. The second kappa shape index (κ2) is 7.89. The Morgan fingerprint density at radius 3 is 2.53 bits per heavy atom. The highest BCUT2D eigenvalue weighted by atomic mass is 35.5. The van der Waals surface area contributed by atoms with Crippen molar-refractivity contribution < 1.29 is 9.53 Å². The Hall–Kier alpha value is -3.29. The van der Waals surface area contributed by atoms with Crippen LogP contribution < -0.4 is 10.1 Å². The summed E-state index contributed by atoms with van der Waals surface area (Å²) in [6.45, 7) is 0. The first-order valence-corrected chi connectivity index (χ1v) is 12.2. The molecular weight excluding hydrogens is 468 g/mol. The minimum atomic E-state index is -0.249. The molecule has 1 N–H and O–H groups in total. The Labute approximate surface area is 206 Å². The third-order valence-electron chi connectivity index (χ3n) is 7.05. The average Bonchev–Trinajstić information content (AvgIpc) is 3.26. The lowest BCUT2D eigenvalue weighted by atomic mass is 9.34. The predicted molar refractivity (Wildman–Crippen MR) is 133 cm³/mol. The molecular formula is C26H21ClN4O2S. The number of rotatable bonds is 6. The SMILES string of the molecule is COc1ccccc1-c1cnccc1C(=O)Nc1nnc(C23CC(c4ccc(Cl)cc4)(C2)C3)s1. The lowest BCUT2D eigenvalue weighted by molar-refractivity contribution is -0.0697. The van der Waals surface area contributed by atoms with Gasteiger partial charge in [-0.05, 0) is 54.5 Å². The van der Waals surface area contributed by atoms with Crippen LogP contribution in [0.25, 0.3) is 11.1 Å². The van der Waals surface area contributed by atoms with Gasteiger partial charge in [0.05, 0.1) is 12.7 Å². The molecule has 0 radical (unpaired) electrons. The van der Waals surface area contributed by atoms with Crippen molar-refractivity contribution in [2.75, 3.05) is 12.4 Å². The monoisotopic (exact) mass is 488 g/mol. The van der Waals surface area contributed by atoms with Gasteiger partial charge in [-0.15, -0.1) is 10.2 Å². The van der Waals surface area contributed by atoms with E-state index in [0.717, 1.165) is 34.9 Å². The molecule has 0 spiro atoms. The summed E-state index contributed by atoms with van der Waals surface area (Å²) in [7, 11) is 1.61. The normalized spacial score (nSPS) is 22.4. The third kappa shape index (κ3) is 3.30. The molecule has 0 atom stereocenters. The van der Waals surface area contributed by atoms with E-state index in [-0.39, 0.29) is 16.7 Å². The van der Waals surface area contributed by atoms with Gasteiger partial charge in [-0.3, -0.25) is 15.1 Å². The number of pyridine rings is 1. The average molecular weight is 489 g/mol. The van der Waals surface area contributed by atoms with E-state index in [1.807, 2.05) is 36.4 Å². The number of ether oxygens (including phenoxy) is 1. The number of hydrogen-bond donors (Lipinski definition) is 1. The number of carbonyl (C=O) groups is 1. The molecule has 2 heterocycles. The van der Waals surface area contributed by atoms with E-state index in [0.29, 0.717) is 22.0 Å². The van der Waals surface area contributed by atoms with Crippen molar-refractivity contribution in [2.24, 2.45) is 0 Å². The first-order valence-electron chi connectivity index (χ1n) is 11.0. The van der Waals surface area contributed by atoms with E-state index in [1.54, 1.807) is 25.6 Å². The van der Waals surface area contributed by atoms with Crippen molar-refractivity contribution in [2.45, 2.75) is 30.1 Å². The molecule has 3 saturated carbocycles. The molecule has 8 heteroatoms. The summed E-state index contributed by atoms with van der Waals surface area (Å²) >= 11 is 7.51. The number of carbonyl (C=O) groups excluding carboxylic acids is 1. The molecule has 3 aliphatic rings. The van der Waals surface area contributed by atoms with Crippen LogP contribution in [-0.2, 0) is 10.8 Å². The van der Waals surface area contributed by atoms with Gasteiger partial charge in [-0.1, -0.05) is 53.3 Å². The molecule has 0 unspecified atom stereocenters. The maximum absolute atomic E-state index is 13.2. The van der Waals surface area contributed by atoms with Crippen molar-refractivity contribution in [1.29, 1.82) is 0 Å². The zero-order chi connectivity index (χ0) is 23.3. The maximum atomic E-state index is 13.2. The summed E-state index contributed by atoms with van der Waals surface area (Å²) in [5.74, 6) is 0.433. The number of nitrogens with zero attached hydrogens (tertiary/aromatic N) is 3. The summed E-state index contributed by atoms with van der Waals surface area (Å²) in [6.07, 6.45) is 6.47. The maximum Gasteiger partial charge on any atom is 0.258 e. The van der Waals surface area contributed by atoms with Gasteiger partial charge in [-0.2, -0.15) is 0 Å². The number of halogens is 1. The first kappa shape index (κ1) is 21.3. The summed E-state index contributed by atoms with van der Waals surface area (Å²) in [5, 5.41) is 13.9. The standard InChI is InChI=1S/C26H21ClN4O2S/c1-33-21-5-3-2-4-18(21)20-12-28-11-10-19(20)22(32)29-24-31-30-23(34-24)26-13-25(14-26,15-26)16-6-8-17(27)9-7-16/h2-12H,13-15H2,1H3,(H,29,31,32). The molecule has 2 aromatic heterocycles. The van der Waals surface area contributed by atoms with Crippen LogP contribution in [0.3, 0.4) is 0 Å². The first-order chi connectivity index (χ1) is 16.5. The third-order valence-corrected chi connectivity index (χ3v) is 8.39. The summed E-state index contributed by atoms with van der Waals surface area (Å²) in [5.41, 5.74) is 3.68. The molecule has 2 bridgehead atoms. The molecule has 6 nitrogen and oxygen atoms in total. The van der Waals surface area contributed by atoms with Crippen LogP contribution in [0, 0.1) is 0 Å². The van der Waals surface area contributed by atoms with E-state index in [9.17, 15) is 4.79 Å². The van der Waals surface area contributed by atoms with Crippen LogP contribution in [0.5, 0.6) is 5.75 Å². The highest BCUT2D eigenvalue weighted by molar-refractivity contribution is 7.15. The smallest absolute Gasteiger partial charge is 0.258 e. The number of aromatic nitrogens is 3. The highest BCUT2D eigenvalue weighted by Crippen LogP contribution is 2.74. The van der Waals surface area contributed by atoms with Crippen molar-refractivity contribution in [3.8, 4) is 16.9 Å². The fraction of sp³-hybridized carbons (Fsp3) is 0.231. The van der Waals surface area contributed by atoms with Crippen molar-refractivity contribution in [3.05, 3.63) is 88.1 Å². The van der Waals surface area contributed by atoms with E-state index in [1.165, 1.54) is 16.9 Å². The summed E-state index contributed by atoms with van der Waals surface area (Å²) < 4.78 is 5.48. The van der Waals surface area contributed by atoms with Crippen LogP contribution in [0.15, 0.2) is 67.0 Å². The second-order valence-corrected chi connectivity index (χ2v) is 10.5. The van der Waals surface area contributed by atoms with Gasteiger partial charge in [0.1, 0.15) is 10.8 Å². The van der Waals surface area contributed by atoms with Gasteiger partial charge in [0.25, 0.3) is 5.91 Å². The minimum absolute atomic E-state index is 0.0828. The molecule has 34 heavy (non-hydrogen) atoms. The van der Waals surface area contributed by atoms with Gasteiger partial charge in [0.15, 0.2) is 0 Å². The Morgan fingerprint density at radius 2 is 1.76 bits per heavy atom.